The van der Waals surface area contributed by atoms with Gasteiger partial charge in [-0.2, -0.15) is 0 Å². The Morgan fingerprint density at radius 3 is 1.11 bits per heavy atom. The molecule has 4 aromatic carbocycles. The number of hydrogen-bond acceptors (Lipinski definition) is 0. The molecule has 0 radical (unpaired) electrons. The van der Waals surface area contributed by atoms with Crippen molar-refractivity contribution in [3.05, 3.63) is 195 Å². The van der Waals surface area contributed by atoms with Gasteiger partial charge in [0, 0.05) is 8.07 Å². The average molecular weight is 945 g/mol. The van der Waals surface area contributed by atoms with Gasteiger partial charge in [0.2, 0.25) is 0 Å². The van der Waals surface area contributed by atoms with Crippen LogP contribution in [-0.2, 0) is 0 Å². The monoisotopic (exact) mass is 944 g/mol. The quantitative estimate of drug-likeness (QED) is 0.0518. The lowest BCUT2D eigenvalue weighted by Gasteiger charge is -2.44. The first kappa shape index (κ1) is 45.6. The maximum Gasteiger partial charge on any atom is 0.593 e. The van der Waals surface area contributed by atoms with Crippen LogP contribution in [0, 0.1) is 81.4 Å². The van der Waals surface area contributed by atoms with E-state index in [-0.39, 0.29) is 16.0 Å². The van der Waals surface area contributed by atoms with Crippen LogP contribution in [0.4, 0.5) is 61.5 Å². The minimum Gasteiger partial charge on any atom is -0.353 e. The van der Waals surface area contributed by atoms with Crippen LogP contribution in [0.15, 0.2) is 102 Å². The largest absolute Gasteiger partial charge is 0.593 e. The second-order valence-electron chi connectivity index (χ2n) is 15.6. The molecule has 0 bridgehead atoms. The lowest BCUT2D eigenvalue weighted by molar-refractivity contribution is -0.681. The summed E-state index contributed by atoms with van der Waals surface area (Å²) in [5.74, 6) is -39.4. The molecular formula is C42H26B2Cl2F14N2Si. The summed E-state index contributed by atoms with van der Waals surface area (Å²) in [7, 11) is -3.57. The molecule has 2 aliphatic rings. The molecule has 0 fully saturated rings. The summed E-state index contributed by atoms with van der Waals surface area (Å²) in [4.78, 5) is 0. The van der Waals surface area contributed by atoms with E-state index >= 15 is 52.7 Å². The molecule has 0 unspecified atom stereocenters. The lowest BCUT2D eigenvalue weighted by Crippen LogP contribution is -2.85. The highest BCUT2D eigenvalue weighted by atomic mass is 35.5. The first-order valence-electron chi connectivity index (χ1n) is 18.5. The summed E-state index contributed by atoms with van der Waals surface area (Å²) in [6.45, 7) is 4.80. The summed E-state index contributed by atoms with van der Waals surface area (Å²) in [6.07, 6.45) is -3.27. The van der Waals surface area contributed by atoms with E-state index < -0.39 is 141 Å². The van der Waals surface area contributed by atoms with E-state index in [9.17, 15) is 8.78 Å². The Labute approximate surface area is 360 Å². The number of allylic oxidation sites excluding steroid dienone is 2. The Morgan fingerprint density at radius 1 is 0.429 bits per heavy atom. The van der Waals surface area contributed by atoms with Crippen molar-refractivity contribution in [3.63, 3.8) is 0 Å². The molecule has 8 rings (SSSR count). The van der Waals surface area contributed by atoms with E-state index in [0.29, 0.717) is 0 Å². The molecule has 0 amide bonds. The van der Waals surface area contributed by atoms with E-state index in [2.05, 4.69) is 0 Å². The second kappa shape index (κ2) is 16.3. The number of nitrogens with zero attached hydrogens (tertiary/aromatic N) is 2. The Hall–Kier alpha value is -5.39. The van der Waals surface area contributed by atoms with Crippen LogP contribution in [0.1, 0.15) is 11.1 Å². The summed E-state index contributed by atoms with van der Waals surface area (Å²) < 4.78 is 230. The molecule has 0 atom stereocenters. The van der Waals surface area contributed by atoms with E-state index in [1.165, 1.54) is 88.3 Å². The normalized spacial score (nSPS) is 15.1. The summed E-state index contributed by atoms with van der Waals surface area (Å²) in [6, 6.07) is 15.8. The number of alkyl halides is 2. The number of benzene rings is 4. The van der Waals surface area contributed by atoms with Crippen molar-refractivity contribution in [3.8, 4) is 0 Å². The van der Waals surface area contributed by atoms with Gasteiger partial charge in [-0.25, -0.2) is 66.9 Å². The fourth-order valence-corrected chi connectivity index (χ4v) is 12.4. The van der Waals surface area contributed by atoms with Crippen LogP contribution >= 0.6 is 23.2 Å². The number of aromatic nitrogens is 2. The maximum absolute atomic E-state index is 17.2. The molecule has 63 heavy (non-hydrogen) atoms. The molecule has 0 saturated heterocycles. The average Bonchev–Trinajstić information content (AvgIpc) is 3.75. The fraction of sp³-hybridized carbons (Fsp3) is 0.0952. The topological polar surface area (TPSA) is 7.76 Å². The van der Waals surface area contributed by atoms with Crippen molar-refractivity contribution in [2.75, 3.05) is 5.34 Å². The highest BCUT2D eigenvalue weighted by Gasteiger charge is 2.68. The van der Waals surface area contributed by atoms with Crippen molar-refractivity contribution in [2.24, 2.45) is 0 Å². The van der Waals surface area contributed by atoms with Gasteiger partial charge in [0.25, 0.3) is 0 Å². The van der Waals surface area contributed by atoms with Crippen molar-refractivity contribution in [1.82, 2.24) is 0 Å². The van der Waals surface area contributed by atoms with Crippen molar-refractivity contribution < 1.29 is 70.4 Å². The number of halogens is 16. The zero-order valence-corrected chi connectivity index (χ0v) is 35.0. The molecule has 0 saturated carbocycles. The highest BCUT2D eigenvalue weighted by Crippen LogP contribution is 2.56. The van der Waals surface area contributed by atoms with Gasteiger partial charge in [-0.1, -0.05) is 78.2 Å². The van der Waals surface area contributed by atoms with Crippen LogP contribution in [0.3, 0.4) is 0 Å². The van der Waals surface area contributed by atoms with Gasteiger partial charge < -0.3 is 8.96 Å². The van der Waals surface area contributed by atoms with Crippen LogP contribution in [0.2, 0.25) is 19.6 Å². The second-order valence-corrected chi connectivity index (χ2v) is 21.5. The molecule has 2 aromatic heterocycles. The highest BCUT2D eigenvalue weighted by molar-refractivity contribution is 7.24. The van der Waals surface area contributed by atoms with E-state index in [0.717, 1.165) is 0 Å². The van der Waals surface area contributed by atoms with Gasteiger partial charge in [-0.3, -0.25) is 0 Å². The molecule has 0 spiro atoms. The number of pyridine rings is 2. The van der Waals surface area contributed by atoms with Crippen LogP contribution in [-0.4, -0.2) is 26.0 Å². The first-order valence-corrected chi connectivity index (χ1v) is 23.1. The van der Waals surface area contributed by atoms with Crippen LogP contribution in [0.25, 0.3) is 11.0 Å². The third-order valence-electron chi connectivity index (χ3n) is 11.6. The predicted octanol–water partition coefficient (Wildman–Crippen LogP) is 9.37. The molecule has 21 heteroatoms. The molecule has 0 N–H and O–H groups in total. The van der Waals surface area contributed by atoms with E-state index in [4.69, 9.17) is 23.2 Å². The minimum atomic E-state index is -5.65. The zero-order chi connectivity index (χ0) is 46.2. The molecule has 2 nitrogen and oxygen atoms in total. The van der Waals surface area contributed by atoms with Gasteiger partial charge >= 0.3 is 6.42 Å². The first-order chi connectivity index (χ1) is 29.7. The summed E-state index contributed by atoms with van der Waals surface area (Å²) in [5, 5.41) is 0.116. The Kier molecular flexibility index (Phi) is 11.8. The smallest absolute Gasteiger partial charge is 0.353 e. The Morgan fingerprint density at radius 2 is 0.746 bits per heavy atom. The Balaban J connectivity index is 0.00000193. The maximum atomic E-state index is 17.2. The van der Waals surface area contributed by atoms with E-state index in [1.54, 1.807) is 31.8 Å². The van der Waals surface area contributed by atoms with E-state index in [1.807, 2.05) is 0 Å². The van der Waals surface area contributed by atoms with Gasteiger partial charge in [-0.05, 0) is 35.4 Å². The van der Waals surface area contributed by atoms with Crippen molar-refractivity contribution in [2.45, 2.75) is 19.6 Å². The van der Waals surface area contributed by atoms with Crippen molar-refractivity contribution >= 4 is 71.3 Å². The van der Waals surface area contributed by atoms with Gasteiger partial charge in [0.1, 0.15) is 60.0 Å². The fourth-order valence-electron chi connectivity index (χ4n) is 9.79. The molecular weight excluding hydrogens is 919 g/mol. The molecule has 6 aromatic rings. The third kappa shape index (κ3) is 6.23. The molecule has 4 heterocycles. The lowest BCUT2D eigenvalue weighted by atomic mass is 9.12. The van der Waals surface area contributed by atoms with Gasteiger partial charge in [0.05, 0.1) is 5.34 Å². The third-order valence-corrected chi connectivity index (χ3v) is 13.9. The standard InChI is InChI=1S/C41H24B2F14N2Si.CH2Cl2/c1-60(2,3)41-21-20-24(28(45)34(51)33(50)27(20)44)42(25-29(46)35(52)39(56)36(53)30(25)47,26-31(48)37(54)40(57)38(55)32(26)49)23(21)22(19-13-7-4-8-14-19)43(41,58-15-9-5-10-16-58)59-17-11-6-12-18-59;2-1-3/h4-18H,1-3H3;1H2. The van der Waals surface area contributed by atoms with Crippen LogP contribution in [0.5, 0.6) is 0 Å². The van der Waals surface area contributed by atoms with Crippen LogP contribution < -0.4 is 25.3 Å². The van der Waals surface area contributed by atoms with Gasteiger partial charge in [-0.15, -0.1) is 39.6 Å². The summed E-state index contributed by atoms with van der Waals surface area (Å²) >= 11 is 9.53. The Bertz CT molecular complexity index is 2770. The SMILES string of the molecule is C[Si](C)(C)C1=C2C(=C(c3ccccc3)[B-]1([n+]1ccccc1)[n+]1ccccc1)[B-](c1c(F)c(F)c(F)c(F)c1F)(c1c(F)c(F)c(F)c(F)c1F)c1c(F)c(F)c(F)c(F)c12.ClCCl. The minimum absolute atomic E-state index is 0.0780. The number of hydrogen-bond donors (Lipinski definition) is 0. The molecule has 326 valence electrons. The van der Waals surface area contributed by atoms with Crippen molar-refractivity contribution in [1.29, 1.82) is 0 Å². The number of fused-ring (bicyclic) bond motifs is 3. The molecule has 2 aliphatic heterocycles. The van der Waals surface area contributed by atoms with Gasteiger partial charge in [0.15, 0.2) is 52.4 Å². The predicted molar refractivity (Wildman–Crippen MR) is 213 cm³/mol. The number of rotatable bonds is 6. The summed E-state index contributed by atoms with van der Waals surface area (Å²) in [5.41, 5.74) is -10.9. The molecule has 0 aliphatic carbocycles. The zero-order valence-electron chi connectivity index (χ0n) is 32.5.